The van der Waals surface area contributed by atoms with Crippen LogP contribution in [0.4, 0.5) is 8.78 Å². The molecule has 20 heavy (non-hydrogen) atoms. The topological polar surface area (TPSA) is 30.0 Å². The minimum atomic E-state index is -0.705. The second kappa shape index (κ2) is 5.40. The van der Waals surface area contributed by atoms with Crippen LogP contribution in [-0.4, -0.2) is 10.8 Å². The number of thiazole rings is 1. The van der Waals surface area contributed by atoms with Gasteiger partial charge in [-0.2, -0.15) is 0 Å². The van der Waals surface area contributed by atoms with Gasteiger partial charge in [-0.1, -0.05) is 20.8 Å². The molecular formula is C15H15F2NOS. The van der Waals surface area contributed by atoms with Crippen molar-refractivity contribution in [1.29, 1.82) is 0 Å². The molecule has 5 heteroatoms. The van der Waals surface area contributed by atoms with Gasteiger partial charge in [0.05, 0.1) is 17.7 Å². The first kappa shape index (κ1) is 14.8. The highest BCUT2D eigenvalue weighted by molar-refractivity contribution is 7.09. The zero-order valence-electron chi connectivity index (χ0n) is 11.5. The Morgan fingerprint density at radius 2 is 2.00 bits per heavy atom. The summed E-state index contributed by atoms with van der Waals surface area (Å²) in [4.78, 5) is 16.4. The largest absolute Gasteiger partial charge is 0.294 e. The highest BCUT2D eigenvalue weighted by Crippen LogP contribution is 2.24. The maximum absolute atomic E-state index is 13.5. The van der Waals surface area contributed by atoms with Crippen LogP contribution in [0.5, 0.6) is 0 Å². The predicted molar refractivity (Wildman–Crippen MR) is 75.2 cm³/mol. The van der Waals surface area contributed by atoms with Gasteiger partial charge in [0.1, 0.15) is 16.6 Å². The van der Waals surface area contributed by atoms with E-state index in [2.05, 4.69) is 4.98 Å². The van der Waals surface area contributed by atoms with Crippen LogP contribution in [-0.2, 0) is 11.8 Å². The van der Waals surface area contributed by atoms with Gasteiger partial charge < -0.3 is 0 Å². The van der Waals surface area contributed by atoms with Crippen molar-refractivity contribution in [2.45, 2.75) is 32.6 Å². The Kier molecular flexibility index (Phi) is 3.99. The van der Waals surface area contributed by atoms with Crippen LogP contribution in [0.1, 0.15) is 41.8 Å². The smallest absolute Gasteiger partial charge is 0.172 e. The molecule has 106 valence electrons. The zero-order chi connectivity index (χ0) is 14.9. The number of hydrogen-bond acceptors (Lipinski definition) is 3. The van der Waals surface area contributed by atoms with Crippen molar-refractivity contribution in [2.75, 3.05) is 0 Å². The number of rotatable bonds is 3. The lowest BCUT2D eigenvalue weighted by Gasteiger charge is -2.14. The van der Waals surface area contributed by atoms with Crippen molar-refractivity contribution in [1.82, 2.24) is 4.98 Å². The number of carbonyl (C=O) groups excluding carboxylic acids is 1. The van der Waals surface area contributed by atoms with E-state index in [1.807, 2.05) is 26.2 Å². The number of nitrogens with zero attached hydrogens (tertiary/aromatic N) is 1. The Morgan fingerprint density at radius 1 is 1.30 bits per heavy atom. The molecule has 0 bridgehead atoms. The molecule has 0 spiro atoms. The number of ketones is 1. The van der Waals surface area contributed by atoms with E-state index in [-0.39, 0.29) is 17.4 Å². The first-order valence-electron chi connectivity index (χ1n) is 6.20. The van der Waals surface area contributed by atoms with Crippen molar-refractivity contribution < 1.29 is 13.6 Å². The summed E-state index contributed by atoms with van der Waals surface area (Å²) < 4.78 is 26.6. The van der Waals surface area contributed by atoms with Crippen LogP contribution >= 0.6 is 11.3 Å². The lowest BCUT2D eigenvalue weighted by molar-refractivity contribution is 0.0988. The third kappa shape index (κ3) is 3.28. The van der Waals surface area contributed by atoms with Crippen LogP contribution < -0.4 is 0 Å². The minimum absolute atomic E-state index is 0.0128. The average molecular weight is 295 g/mol. The predicted octanol–water partition coefficient (Wildman–Crippen LogP) is 4.14. The van der Waals surface area contributed by atoms with E-state index in [1.165, 1.54) is 11.3 Å². The SMILES string of the molecule is CC(C)(C)c1csc(CC(=O)c2cc(F)ccc2F)n1. The Bertz CT molecular complexity index is 644. The molecule has 0 radical (unpaired) electrons. The Hall–Kier alpha value is -1.62. The van der Waals surface area contributed by atoms with Crippen molar-refractivity contribution >= 4 is 17.1 Å². The van der Waals surface area contributed by atoms with Crippen molar-refractivity contribution in [3.63, 3.8) is 0 Å². The molecule has 0 atom stereocenters. The summed E-state index contributed by atoms with van der Waals surface area (Å²) in [5.74, 6) is -1.79. The molecule has 1 heterocycles. The molecule has 1 aromatic carbocycles. The molecule has 0 aliphatic rings. The maximum Gasteiger partial charge on any atom is 0.172 e. The highest BCUT2D eigenvalue weighted by atomic mass is 32.1. The average Bonchev–Trinajstić information content (AvgIpc) is 2.80. The fourth-order valence-electron chi connectivity index (χ4n) is 1.68. The number of aromatic nitrogens is 1. The van der Waals surface area contributed by atoms with Crippen molar-refractivity contribution in [2.24, 2.45) is 0 Å². The van der Waals surface area contributed by atoms with Gasteiger partial charge in [-0.25, -0.2) is 13.8 Å². The van der Waals surface area contributed by atoms with Gasteiger partial charge in [0.15, 0.2) is 5.78 Å². The van der Waals surface area contributed by atoms with E-state index < -0.39 is 17.4 Å². The van der Waals surface area contributed by atoms with Crippen LogP contribution in [0.25, 0.3) is 0 Å². The highest BCUT2D eigenvalue weighted by Gasteiger charge is 2.20. The molecule has 2 rings (SSSR count). The lowest BCUT2D eigenvalue weighted by atomic mass is 9.93. The normalized spacial score (nSPS) is 11.7. The number of carbonyl (C=O) groups is 1. The summed E-state index contributed by atoms with van der Waals surface area (Å²) >= 11 is 1.36. The molecule has 2 aromatic rings. The standard InChI is InChI=1S/C15H15F2NOS/c1-15(2,3)13-8-20-14(18-13)7-12(19)10-6-9(16)4-5-11(10)17/h4-6,8H,7H2,1-3H3. The van der Waals surface area contributed by atoms with Gasteiger partial charge in [0, 0.05) is 10.8 Å². The van der Waals surface area contributed by atoms with Crippen molar-refractivity contribution in [3.8, 4) is 0 Å². The van der Waals surface area contributed by atoms with Crippen LogP contribution in [0, 0.1) is 11.6 Å². The molecule has 0 aliphatic carbocycles. The van der Waals surface area contributed by atoms with Gasteiger partial charge in [0.25, 0.3) is 0 Å². The number of Topliss-reactive ketones (excluding diaryl/α,β-unsaturated/α-hetero) is 1. The molecule has 0 unspecified atom stereocenters. The number of benzene rings is 1. The summed E-state index contributed by atoms with van der Waals surface area (Å²) in [7, 11) is 0. The molecule has 0 fully saturated rings. The monoisotopic (exact) mass is 295 g/mol. The molecule has 0 saturated heterocycles. The van der Waals surface area contributed by atoms with Gasteiger partial charge >= 0.3 is 0 Å². The van der Waals surface area contributed by atoms with E-state index in [9.17, 15) is 13.6 Å². The summed E-state index contributed by atoms with van der Waals surface area (Å²) in [6, 6.07) is 2.88. The molecule has 0 saturated carbocycles. The van der Waals surface area contributed by atoms with E-state index >= 15 is 0 Å². The number of halogens is 2. The summed E-state index contributed by atoms with van der Waals surface area (Å²) in [5, 5.41) is 2.51. The Labute approximate surface area is 120 Å². The minimum Gasteiger partial charge on any atom is -0.294 e. The van der Waals surface area contributed by atoms with Crippen molar-refractivity contribution in [3.05, 3.63) is 51.5 Å². The van der Waals surface area contributed by atoms with E-state index in [0.717, 1.165) is 23.9 Å². The van der Waals surface area contributed by atoms with E-state index in [0.29, 0.717) is 5.01 Å². The van der Waals surface area contributed by atoms with E-state index in [1.54, 1.807) is 0 Å². The molecular weight excluding hydrogens is 280 g/mol. The Morgan fingerprint density at radius 3 is 2.60 bits per heavy atom. The summed E-state index contributed by atoms with van der Waals surface area (Å²) in [6.07, 6.45) is -0.0128. The molecule has 0 amide bonds. The number of hydrogen-bond donors (Lipinski definition) is 0. The first-order chi connectivity index (χ1) is 9.27. The van der Waals surface area contributed by atoms with Crippen LogP contribution in [0.15, 0.2) is 23.6 Å². The second-order valence-electron chi connectivity index (χ2n) is 5.60. The second-order valence-corrected chi connectivity index (χ2v) is 6.54. The first-order valence-corrected chi connectivity index (χ1v) is 7.08. The van der Waals surface area contributed by atoms with Crippen LogP contribution in [0.3, 0.4) is 0 Å². The molecule has 1 aromatic heterocycles. The fraction of sp³-hybridized carbons (Fsp3) is 0.333. The maximum atomic E-state index is 13.5. The van der Waals surface area contributed by atoms with Gasteiger partial charge in [-0.05, 0) is 18.2 Å². The van der Waals surface area contributed by atoms with Gasteiger partial charge in [-0.3, -0.25) is 4.79 Å². The third-order valence-electron chi connectivity index (χ3n) is 2.86. The third-order valence-corrected chi connectivity index (χ3v) is 3.71. The van der Waals surface area contributed by atoms with Gasteiger partial charge in [-0.15, -0.1) is 11.3 Å². The van der Waals surface area contributed by atoms with Gasteiger partial charge in [0.2, 0.25) is 0 Å². The Balaban J connectivity index is 2.20. The summed E-state index contributed by atoms with van der Waals surface area (Å²) in [6.45, 7) is 6.08. The summed E-state index contributed by atoms with van der Waals surface area (Å²) in [5.41, 5.74) is 0.574. The zero-order valence-corrected chi connectivity index (χ0v) is 12.4. The molecule has 0 N–H and O–H groups in total. The quantitative estimate of drug-likeness (QED) is 0.796. The van der Waals surface area contributed by atoms with Crippen LogP contribution in [0.2, 0.25) is 0 Å². The fourth-order valence-corrected chi connectivity index (χ4v) is 2.70. The molecule has 2 nitrogen and oxygen atoms in total. The molecule has 0 aliphatic heterocycles. The van der Waals surface area contributed by atoms with E-state index in [4.69, 9.17) is 0 Å². The lowest BCUT2D eigenvalue weighted by Crippen LogP contribution is -2.12.